The number of fused-ring (bicyclic) bond motifs is 1. The third kappa shape index (κ3) is 3.08. The molecular weight excluding hydrogens is 224 g/mol. The van der Waals surface area contributed by atoms with Crippen LogP contribution in [-0.2, 0) is 0 Å². The van der Waals surface area contributed by atoms with Gasteiger partial charge < -0.3 is 0 Å². The highest BCUT2D eigenvalue weighted by molar-refractivity contribution is 5.98. The smallest absolute Gasteiger partial charge is 0.265 e. The Labute approximate surface area is 107 Å². The Kier molecular flexibility index (Phi) is 3.95. The number of amides is 1. The molecular formula is C15H18N2O. The topological polar surface area (TPSA) is 41.1 Å². The molecule has 0 aromatic heterocycles. The maximum absolute atomic E-state index is 11.9. The Morgan fingerprint density at radius 3 is 2.56 bits per heavy atom. The molecule has 0 fully saturated rings. The first-order valence-corrected chi connectivity index (χ1v) is 6.19. The highest BCUT2D eigenvalue weighted by Gasteiger charge is 2.05. The zero-order valence-corrected chi connectivity index (χ0v) is 10.7. The Morgan fingerprint density at radius 2 is 1.83 bits per heavy atom. The predicted octanol–water partition coefficient (Wildman–Crippen LogP) is 2.73. The van der Waals surface area contributed by atoms with Crippen LogP contribution in [-0.4, -0.2) is 12.5 Å². The fourth-order valence-corrected chi connectivity index (χ4v) is 1.74. The van der Waals surface area contributed by atoms with Crippen molar-refractivity contribution in [3.63, 3.8) is 0 Å². The van der Waals surface area contributed by atoms with Crippen LogP contribution in [0.25, 0.3) is 10.8 Å². The van der Waals surface area contributed by atoms with Gasteiger partial charge in [-0.25, -0.2) is 5.43 Å². The van der Waals surface area contributed by atoms with Crippen LogP contribution < -0.4 is 10.9 Å². The van der Waals surface area contributed by atoms with Gasteiger partial charge in [0.2, 0.25) is 0 Å². The Balaban J connectivity index is 2.08. The molecule has 0 saturated carbocycles. The van der Waals surface area contributed by atoms with Crippen molar-refractivity contribution in [2.75, 3.05) is 6.54 Å². The number of hydrogen-bond donors (Lipinski definition) is 2. The van der Waals surface area contributed by atoms with Gasteiger partial charge in [0.25, 0.3) is 5.91 Å². The Morgan fingerprint density at radius 1 is 1.11 bits per heavy atom. The molecule has 94 valence electrons. The molecule has 2 rings (SSSR count). The number of carbonyl (C=O) groups excluding carboxylic acids is 1. The molecule has 0 radical (unpaired) electrons. The van der Waals surface area contributed by atoms with E-state index in [4.69, 9.17) is 0 Å². The van der Waals surface area contributed by atoms with Crippen molar-refractivity contribution >= 4 is 16.7 Å². The normalized spacial score (nSPS) is 10.8. The molecule has 0 heterocycles. The summed E-state index contributed by atoms with van der Waals surface area (Å²) in [7, 11) is 0. The van der Waals surface area contributed by atoms with Crippen LogP contribution in [0.2, 0.25) is 0 Å². The summed E-state index contributed by atoms with van der Waals surface area (Å²) in [6, 6.07) is 13.7. The van der Waals surface area contributed by atoms with Crippen LogP contribution in [0.1, 0.15) is 24.2 Å². The van der Waals surface area contributed by atoms with Crippen molar-refractivity contribution in [3.05, 3.63) is 48.0 Å². The molecule has 0 aliphatic rings. The van der Waals surface area contributed by atoms with E-state index in [-0.39, 0.29) is 5.91 Å². The van der Waals surface area contributed by atoms with Crippen molar-refractivity contribution in [1.29, 1.82) is 0 Å². The van der Waals surface area contributed by atoms with Gasteiger partial charge in [-0.1, -0.05) is 44.2 Å². The molecule has 0 unspecified atom stereocenters. The van der Waals surface area contributed by atoms with Gasteiger partial charge in [0, 0.05) is 12.1 Å². The van der Waals surface area contributed by atoms with Crippen molar-refractivity contribution in [1.82, 2.24) is 10.9 Å². The lowest BCUT2D eigenvalue weighted by atomic mass is 10.1. The van der Waals surface area contributed by atoms with E-state index < -0.39 is 0 Å². The quantitative estimate of drug-likeness (QED) is 0.809. The molecule has 18 heavy (non-hydrogen) atoms. The second kappa shape index (κ2) is 5.65. The van der Waals surface area contributed by atoms with Crippen LogP contribution in [0, 0.1) is 5.92 Å². The standard InChI is InChI=1S/C15H18N2O/c1-11(2)10-16-17-15(18)14-8-7-12-5-3-4-6-13(12)9-14/h3-9,11,16H,10H2,1-2H3,(H,17,18). The van der Waals surface area contributed by atoms with E-state index in [2.05, 4.69) is 24.7 Å². The molecule has 2 N–H and O–H groups in total. The second-order valence-corrected chi connectivity index (χ2v) is 4.79. The molecule has 2 aromatic rings. The summed E-state index contributed by atoms with van der Waals surface area (Å²) in [6.45, 7) is 4.95. The zero-order chi connectivity index (χ0) is 13.0. The summed E-state index contributed by atoms with van der Waals surface area (Å²) in [4.78, 5) is 11.9. The fourth-order valence-electron chi connectivity index (χ4n) is 1.74. The van der Waals surface area contributed by atoms with E-state index in [0.717, 1.165) is 17.3 Å². The van der Waals surface area contributed by atoms with Gasteiger partial charge in [0.05, 0.1) is 0 Å². The summed E-state index contributed by atoms with van der Waals surface area (Å²) in [6.07, 6.45) is 0. The zero-order valence-electron chi connectivity index (χ0n) is 10.7. The molecule has 3 nitrogen and oxygen atoms in total. The van der Waals surface area contributed by atoms with Gasteiger partial charge in [-0.2, -0.15) is 0 Å². The molecule has 0 spiro atoms. The van der Waals surface area contributed by atoms with Crippen LogP contribution in [0.5, 0.6) is 0 Å². The van der Waals surface area contributed by atoms with E-state index in [1.165, 1.54) is 0 Å². The maximum atomic E-state index is 11.9. The first kappa shape index (κ1) is 12.6. The monoisotopic (exact) mass is 242 g/mol. The highest BCUT2D eigenvalue weighted by atomic mass is 16.2. The largest absolute Gasteiger partial charge is 0.287 e. The van der Waals surface area contributed by atoms with Crippen molar-refractivity contribution in [2.45, 2.75) is 13.8 Å². The molecule has 0 aliphatic carbocycles. The molecule has 3 heteroatoms. The fraction of sp³-hybridized carbons (Fsp3) is 0.267. The van der Waals surface area contributed by atoms with E-state index in [1.807, 2.05) is 42.5 Å². The van der Waals surface area contributed by atoms with Crippen LogP contribution in [0.4, 0.5) is 0 Å². The summed E-state index contributed by atoms with van der Waals surface area (Å²) < 4.78 is 0. The second-order valence-electron chi connectivity index (χ2n) is 4.79. The highest BCUT2D eigenvalue weighted by Crippen LogP contribution is 2.15. The summed E-state index contributed by atoms with van der Waals surface area (Å²) in [5.74, 6) is 0.406. The molecule has 2 aromatic carbocycles. The number of hydrazine groups is 1. The SMILES string of the molecule is CC(C)CNNC(=O)c1ccc2ccccc2c1. The summed E-state index contributed by atoms with van der Waals surface area (Å²) in [5.41, 5.74) is 6.31. The van der Waals surface area contributed by atoms with Crippen molar-refractivity contribution in [2.24, 2.45) is 5.92 Å². The van der Waals surface area contributed by atoms with Crippen LogP contribution in [0.15, 0.2) is 42.5 Å². The van der Waals surface area contributed by atoms with E-state index in [1.54, 1.807) is 0 Å². The van der Waals surface area contributed by atoms with Gasteiger partial charge in [-0.3, -0.25) is 10.2 Å². The van der Waals surface area contributed by atoms with Gasteiger partial charge in [0.15, 0.2) is 0 Å². The van der Waals surface area contributed by atoms with E-state index in [0.29, 0.717) is 11.5 Å². The number of benzene rings is 2. The average molecular weight is 242 g/mol. The number of carbonyl (C=O) groups is 1. The Bertz CT molecular complexity index is 549. The maximum Gasteiger partial charge on any atom is 0.265 e. The van der Waals surface area contributed by atoms with Gasteiger partial charge in [-0.05, 0) is 28.8 Å². The lowest BCUT2D eigenvalue weighted by Gasteiger charge is -2.09. The van der Waals surface area contributed by atoms with Crippen molar-refractivity contribution in [3.8, 4) is 0 Å². The van der Waals surface area contributed by atoms with Gasteiger partial charge >= 0.3 is 0 Å². The molecule has 1 amide bonds. The van der Waals surface area contributed by atoms with Crippen LogP contribution in [0.3, 0.4) is 0 Å². The predicted molar refractivity (Wildman–Crippen MR) is 74.3 cm³/mol. The lowest BCUT2D eigenvalue weighted by Crippen LogP contribution is -2.39. The van der Waals surface area contributed by atoms with E-state index >= 15 is 0 Å². The average Bonchev–Trinajstić information content (AvgIpc) is 2.37. The van der Waals surface area contributed by atoms with Gasteiger partial charge in [-0.15, -0.1) is 0 Å². The molecule has 0 atom stereocenters. The molecule has 0 bridgehead atoms. The molecule has 0 aliphatic heterocycles. The third-order valence-corrected chi connectivity index (χ3v) is 2.72. The summed E-state index contributed by atoms with van der Waals surface area (Å²) in [5, 5.41) is 2.22. The number of nitrogens with one attached hydrogen (secondary N) is 2. The van der Waals surface area contributed by atoms with Crippen LogP contribution >= 0.6 is 0 Å². The lowest BCUT2D eigenvalue weighted by molar-refractivity contribution is 0.0931. The first-order valence-electron chi connectivity index (χ1n) is 6.19. The minimum Gasteiger partial charge on any atom is -0.287 e. The third-order valence-electron chi connectivity index (χ3n) is 2.72. The van der Waals surface area contributed by atoms with Gasteiger partial charge in [0.1, 0.15) is 0 Å². The summed E-state index contributed by atoms with van der Waals surface area (Å²) >= 11 is 0. The minimum atomic E-state index is -0.0959. The number of hydrogen-bond acceptors (Lipinski definition) is 2. The first-order chi connectivity index (χ1) is 8.66. The number of rotatable bonds is 4. The molecule has 0 saturated heterocycles. The Hall–Kier alpha value is -1.87. The van der Waals surface area contributed by atoms with E-state index in [9.17, 15) is 4.79 Å². The minimum absolute atomic E-state index is 0.0959. The van der Waals surface area contributed by atoms with Crippen molar-refractivity contribution < 1.29 is 4.79 Å².